The van der Waals surface area contributed by atoms with Crippen molar-refractivity contribution >= 4 is 21.7 Å². The first-order valence-electron chi connectivity index (χ1n) is 4.73. The van der Waals surface area contributed by atoms with Crippen molar-refractivity contribution in [2.45, 2.75) is 12.8 Å². The van der Waals surface area contributed by atoms with Crippen LogP contribution in [0.15, 0.2) is 22.7 Å². The molecule has 0 radical (unpaired) electrons. The van der Waals surface area contributed by atoms with Crippen molar-refractivity contribution in [3.8, 4) is 0 Å². The van der Waals surface area contributed by atoms with Crippen LogP contribution in [0.2, 0.25) is 0 Å². The van der Waals surface area contributed by atoms with Gasteiger partial charge < -0.3 is 5.32 Å². The first-order valence-corrected chi connectivity index (χ1v) is 5.53. The summed E-state index contributed by atoms with van der Waals surface area (Å²) in [4.78, 5) is 11.4. The highest BCUT2D eigenvalue weighted by molar-refractivity contribution is 9.10. The normalized spacial score (nSPS) is 10.3. The van der Waals surface area contributed by atoms with Crippen LogP contribution in [0.25, 0.3) is 0 Å². The average Bonchev–Trinajstić information content (AvgIpc) is 2.20. The molecule has 4 heteroatoms. The molecule has 1 aromatic rings. The molecule has 1 rings (SSSR count). The maximum Gasteiger partial charge on any atom is 0.138 e. The largest absolute Gasteiger partial charge is 0.319 e. The zero-order valence-corrected chi connectivity index (χ0v) is 10.1. The fraction of sp³-hybridized carbons (Fsp3) is 0.364. The molecule has 0 saturated heterocycles. The van der Waals surface area contributed by atoms with E-state index in [1.807, 2.05) is 0 Å². The van der Waals surface area contributed by atoms with Crippen molar-refractivity contribution in [3.05, 3.63) is 34.1 Å². The molecule has 0 saturated carbocycles. The Morgan fingerprint density at radius 1 is 1.53 bits per heavy atom. The van der Waals surface area contributed by atoms with Gasteiger partial charge in [-0.1, -0.05) is 15.9 Å². The van der Waals surface area contributed by atoms with Crippen LogP contribution in [0.4, 0.5) is 4.39 Å². The molecule has 2 nitrogen and oxygen atoms in total. The summed E-state index contributed by atoms with van der Waals surface area (Å²) in [5, 5.41) is 2.89. The van der Waals surface area contributed by atoms with Crippen molar-refractivity contribution in [1.82, 2.24) is 5.32 Å². The van der Waals surface area contributed by atoms with Gasteiger partial charge >= 0.3 is 0 Å². The summed E-state index contributed by atoms with van der Waals surface area (Å²) in [5.41, 5.74) is 0.450. The maximum atomic E-state index is 13.3. The van der Waals surface area contributed by atoms with Crippen LogP contribution in [0, 0.1) is 5.82 Å². The van der Waals surface area contributed by atoms with Crippen LogP contribution in [0.5, 0.6) is 0 Å². The van der Waals surface area contributed by atoms with E-state index in [2.05, 4.69) is 21.2 Å². The summed E-state index contributed by atoms with van der Waals surface area (Å²) in [6.07, 6.45) is 0.593. The van der Waals surface area contributed by atoms with Gasteiger partial charge in [0.2, 0.25) is 0 Å². The van der Waals surface area contributed by atoms with Gasteiger partial charge in [0, 0.05) is 23.9 Å². The molecular weight excluding hydrogens is 261 g/mol. The molecule has 82 valence electrons. The molecule has 0 aliphatic rings. The number of rotatable bonds is 5. The van der Waals surface area contributed by atoms with Crippen LogP contribution in [0.1, 0.15) is 12.0 Å². The zero-order valence-electron chi connectivity index (χ0n) is 8.52. The molecule has 15 heavy (non-hydrogen) atoms. The Hall–Kier alpha value is -0.740. The molecule has 0 atom stereocenters. The molecule has 0 aliphatic carbocycles. The number of ketones is 1. The Morgan fingerprint density at radius 3 is 2.93 bits per heavy atom. The third kappa shape index (κ3) is 4.10. The van der Waals surface area contributed by atoms with E-state index in [4.69, 9.17) is 0 Å². The summed E-state index contributed by atoms with van der Waals surface area (Å²) in [7, 11) is 1.78. The van der Waals surface area contributed by atoms with E-state index in [0.29, 0.717) is 18.5 Å². The number of hydrogen-bond acceptors (Lipinski definition) is 2. The summed E-state index contributed by atoms with van der Waals surface area (Å²) < 4.78 is 14.1. The number of Topliss-reactive ketones (excluding diaryl/α,β-unsaturated/α-hetero) is 1. The minimum absolute atomic E-state index is 0.0429. The summed E-state index contributed by atoms with van der Waals surface area (Å²) in [5.74, 6) is -0.280. The predicted molar refractivity (Wildman–Crippen MR) is 61.4 cm³/mol. The standard InChI is InChI=1S/C11H13BrFNO/c1-14-5-4-10(15)7-8-6-9(12)2-3-11(8)13/h2-3,6,14H,4-5,7H2,1H3. The van der Waals surface area contributed by atoms with Crippen LogP contribution in [0.3, 0.4) is 0 Å². The SMILES string of the molecule is CNCCC(=O)Cc1cc(Br)ccc1F. The van der Waals surface area contributed by atoms with Gasteiger partial charge in [0.05, 0.1) is 0 Å². The third-order valence-corrected chi connectivity index (χ3v) is 2.54. The molecule has 0 spiro atoms. The average molecular weight is 274 g/mol. The van der Waals surface area contributed by atoms with Crippen LogP contribution >= 0.6 is 15.9 Å². The highest BCUT2D eigenvalue weighted by Crippen LogP contribution is 2.16. The lowest BCUT2D eigenvalue weighted by molar-refractivity contribution is -0.118. The minimum atomic E-state index is -0.323. The van der Waals surface area contributed by atoms with Gasteiger partial charge in [-0.3, -0.25) is 4.79 Å². The van der Waals surface area contributed by atoms with Crippen LogP contribution in [-0.4, -0.2) is 19.4 Å². The van der Waals surface area contributed by atoms with E-state index in [1.165, 1.54) is 6.07 Å². The molecule has 0 unspecified atom stereocenters. The summed E-state index contributed by atoms with van der Waals surface area (Å²) in [6, 6.07) is 4.63. The minimum Gasteiger partial charge on any atom is -0.319 e. The summed E-state index contributed by atoms with van der Waals surface area (Å²) in [6.45, 7) is 0.633. The van der Waals surface area contributed by atoms with Gasteiger partial charge in [-0.2, -0.15) is 0 Å². The number of halogens is 2. The number of benzene rings is 1. The molecule has 0 aromatic heterocycles. The molecule has 0 amide bonds. The molecule has 0 fully saturated rings. The number of hydrogen-bond donors (Lipinski definition) is 1. The van der Waals surface area contributed by atoms with Gasteiger partial charge in [0.15, 0.2) is 0 Å². The van der Waals surface area contributed by atoms with Crippen LogP contribution in [-0.2, 0) is 11.2 Å². The molecule has 1 aromatic carbocycles. The van der Waals surface area contributed by atoms with E-state index in [1.54, 1.807) is 19.2 Å². The number of carbonyl (C=O) groups excluding carboxylic acids is 1. The topological polar surface area (TPSA) is 29.1 Å². The van der Waals surface area contributed by atoms with E-state index in [-0.39, 0.29) is 18.0 Å². The second-order valence-corrected chi connectivity index (χ2v) is 4.22. The van der Waals surface area contributed by atoms with Gasteiger partial charge in [0.1, 0.15) is 11.6 Å². The van der Waals surface area contributed by atoms with Gasteiger partial charge in [-0.05, 0) is 30.8 Å². The second kappa shape index (κ2) is 5.98. The van der Waals surface area contributed by atoms with Gasteiger partial charge in [-0.25, -0.2) is 4.39 Å². The first kappa shape index (κ1) is 12.3. The number of nitrogens with one attached hydrogen (secondary N) is 1. The summed E-state index contributed by atoms with van der Waals surface area (Å²) >= 11 is 3.25. The Bertz CT molecular complexity index is 354. The molecule has 0 bridgehead atoms. The fourth-order valence-electron chi connectivity index (χ4n) is 1.24. The monoisotopic (exact) mass is 273 g/mol. The first-order chi connectivity index (χ1) is 7.13. The van der Waals surface area contributed by atoms with Gasteiger partial charge in [0.25, 0.3) is 0 Å². The lowest BCUT2D eigenvalue weighted by atomic mass is 10.1. The van der Waals surface area contributed by atoms with Crippen LogP contribution < -0.4 is 5.32 Å². The fourth-order valence-corrected chi connectivity index (χ4v) is 1.65. The van der Waals surface area contributed by atoms with Crippen molar-refractivity contribution in [2.24, 2.45) is 0 Å². The van der Waals surface area contributed by atoms with E-state index in [9.17, 15) is 9.18 Å². The maximum absolute atomic E-state index is 13.3. The molecule has 0 aliphatic heterocycles. The van der Waals surface area contributed by atoms with Crippen molar-refractivity contribution in [2.75, 3.05) is 13.6 Å². The number of carbonyl (C=O) groups is 1. The highest BCUT2D eigenvalue weighted by atomic mass is 79.9. The quantitative estimate of drug-likeness (QED) is 0.892. The van der Waals surface area contributed by atoms with Crippen molar-refractivity contribution < 1.29 is 9.18 Å². The van der Waals surface area contributed by atoms with E-state index < -0.39 is 0 Å². The predicted octanol–water partition coefficient (Wildman–Crippen LogP) is 2.31. The highest BCUT2D eigenvalue weighted by Gasteiger charge is 2.08. The molecular formula is C11H13BrFNO. The molecule has 0 heterocycles. The molecule has 1 N–H and O–H groups in total. The Balaban J connectivity index is 2.63. The third-order valence-electron chi connectivity index (χ3n) is 2.05. The van der Waals surface area contributed by atoms with Crippen molar-refractivity contribution in [1.29, 1.82) is 0 Å². The van der Waals surface area contributed by atoms with E-state index >= 15 is 0 Å². The zero-order chi connectivity index (χ0) is 11.3. The van der Waals surface area contributed by atoms with Gasteiger partial charge in [-0.15, -0.1) is 0 Å². The Kier molecular flexibility index (Phi) is 4.91. The van der Waals surface area contributed by atoms with E-state index in [0.717, 1.165) is 4.47 Å². The smallest absolute Gasteiger partial charge is 0.138 e. The second-order valence-electron chi connectivity index (χ2n) is 3.30. The lowest BCUT2D eigenvalue weighted by Crippen LogP contribution is -2.14. The Labute approximate surface area is 97.0 Å². The van der Waals surface area contributed by atoms with Crippen molar-refractivity contribution in [3.63, 3.8) is 0 Å². The Morgan fingerprint density at radius 2 is 2.27 bits per heavy atom. The lowest BCUT2D eigenvalue weighted by Gasteiger charge is -2.03.